The summed E-state index contributed by atoms with van der Waals surface area (Å²) in [5, 5.41) is 11.0. The minimum absolute atomic E-state index is 0.166. The van der Waals surface area contributed by atoms with Crippen LogP contribution in [0.2, 0.25) is 0 Å². The second-order valence-electron chi connectivity index (χ2n) is 6.02. The molecule has 0 bridgehead atoms. The number of ketones is 1. The van der Waals surface area contributed by atoms with Crippen molar-refractivity contribution in [3.8, 4) is 0 Å². The molecule has 0 saturated heterocycles. The van der Waals surface area contributed by atoms with Crippen LogP contribution in [-0.4, -0.2) is 22.8 Å². The fourth-order valence-electron chi connectivity index (χ4n) is 3.04. The molecule has 1 aliphatic carbocycles. The van der Waals surface area contributed by atoms with E-state index in [9.17, 15) is 19.7 Å². The summed E-state index contributed by atoms with van der Waals surface area (Å²) in [7, 11) is 0. The number of ether oxygens (including phenoxy) is 1. The number of benzene rings is 2. The van der Waals surface area contributed by atoms with Gasteiger partial charge in [-0.05, 0) is 49.4 Å². The number of nitro groups is 1. The molecule has 2 aromatic carbocycles. The second-order valence-corrected chi connectivity index (χ2v) is 6.02. The van der Waals surface area contributed by atoms with E-state index in [4.69, 9.17) is 4.74 Å². The first-order valence-corrected chi connectivity index (χ1v) is 8.08. The first-order chi connectivity index (χ1) is 12.0. The van der Waals surface area contributed by atoms with Gasteiger partial charge < -0.3 is 4.74 Å². The number of rotatable bonds is 5. The van der Waals surface area contributed by atoms with E-state index >= 15 is 0 Å². The molecule has 6 nitrogen and oxygen atoms in total. The lowest BCUT2D eigenvalue weighted by Crippen LogP contribution is -2.25. The Morgan fingerprint density at radius 2 is 1.84 bits per heavy atom. The molecule has 0 N–H and O–H groups in total. The van der Waals surface area contributed by atoms with E-state index in [0.717, 1.165) is 24.8 Å². The van der Waals surface area contributed by atoms with Crippen LogP contribution in [0.25, 0.3) is 0 Å². The van der Waals surface area contributed by atoms with Crippen molar-refractivity contribution in [2.75, 3.05) is 0 Å². The molecule has 128 valence electrons. The Morgan fingerprint density at radius 1 is 1.12 bits per heavy atom. The van der Waals surface area contributed by atoms with Crippen molar-refractivity contribution in [2.45, 2.75) is 32.3 Å². The molecule has 1 unspecified atom stereocenters. The van der Waals surface area contributed by atoms with Gasteiger partial charge in [0, 0.05) is 11.6 Å². The van der Waals surface area contributed by atoms with Gasteiger partial charge in [-0.1, -0.05) is 24.3 Å². The molecule has 6 heteroatoms. The van der Waals surface area contributed by atoms with Crippen molar-refractivity contribution < 1.29 is 19.2 Å². The largest absolute Gasteiger partial charge is 0.450 e. The Kier molecular flexibility index (Phi) is 4.61. The van der Waals surface area contributed by atoms with E-state index in [0.29, 0.717) is 5.56 Å². The van der Waals surface area contributed by atoms with Crippen LogP contribution in [-0.2, 0) is 17.6 Å². The summed E-state index contributed by atoms with van der Waals surface area (Å²) in [5.41, 5.74) is 2.39. The third kappa shape index (κ3) is 3.42. The summed E-state index contributed by atoms with van der Waals surface area (Å²) in [6.45, 7) is 1.47. The molecule has 1 aliphatic rings. The zero-order chi connectivity index (χ0) is 18.0. The first kappa shape index (κ1) is 16.8. The van der Waals surface area contributed by atoms with Gasteiger partial charge in [-0.3, -0.25) is 14.9 Å². The summed E-state index contributed by atoms with van der Waals surface area (Å²) in [6.07, 6.45) is 2.02. The van der Waals surface area contributed by atoms with E-state index in [1.165, 1.54) is 36.8 Å². The molecule has 0 fully saturated rings. The fourth-order valence-corrected chi connectivity index (χ4v) is 3.04. The predicted molar refractivity (Wildman–Crippen MR) is 90.8 cm³/mol. The number of carbonyl (C=O) groups excluding carboxylic acids is 2. The molecule has 0 aromatic heterocycles. The molecule has 0 saturated carbocycles. The van der Waals surface area contributed by atoms with Crippen LogP contribution in [0.4, 0.5) is 5.69 Å². The molecule has 3 rings (SSSR count). The lowest BCUT2D eigenvalue weighted by atomic mass is 10.0. The molecule has 0 radical (unpaired) electrons. The summed E-state index contributed by atoms with van der Waals surface area (Å²) in [5.74, 6) is -1.20. The highest BCUT2D eigenvalue weighted by Gasteiger charge is 2.26. The maximum atomic E-state index is 12.5. The molecular formula is C19H17NO5. The van der Waals surface area contributed by atoms with Crippen molar-refractivity contribution in [3.05, 3.63) is 74.8 Å². The molecule has 0 heterocycles. The molecule has 25 heavy (non-hydrogen) atoms. The van der Waals surface area contributed by atoms with Gasteiger partial charge in [0.2, 0.25) is 5.78 Å². The van der Waals surface area contributed by atoms with Crippen molar-refractivity contribution >= 4 is 17.4 Å². The second kappa shape index (κ2) is 6.84. The lowest BCUT2D eigenvalue weighted by molar-refractivity contribution is -0.385. The van der Waals surface area contributed by atoms with Crippen molar-refractivity contribution in [1.82, 2.24) is 0 Å². The Labute approximate surface area is 144 Å². The van der Waals surface area contributed by atoms with Crippen LogP contribution >= 0.6 is 0 Å². The summed E-state index contributed by atoms with van der Waals surface area (Å²) in [6, 6.07) is 11.0. The van der Waals surface area contributed by atoms with Gasteiger partial charge in [-0.25, -0.2) is 4.79 Å². The van der Waals surface area contributed by atoms with E-state index in [1.54, 1.807) is 6.07 Å². The van der Waals surface area contributed by atoms with Gasteiger partial charge >= 0.3 is 5.97 Å². The standard InChI is InChI=1S/C19H17NO5/c1-12(18(21)15-10-9-13-5-4-6-14(13)11-15)25-19(22)16-7-2-3-8-17(16)20(23)24/h2-3,7-12H,4-6H2,1H3. The molecule has 0 aliphatic heterocycles. The number of esters is 1. The van der Waals surface area contributed by atoms with Gasteiger partial charge in [0.15, 0.2) is 6.10 Å². The van der Waals surface area contributed by atoms with Crippen LogP contribution in [0.5, 0.6) is 0 Å². The molecule has 2 aromatic rings. The van der Waals surface area contributed by atoms with Crippen molar-refractivity contribution in [1.29, 1.82) is 0 Å². The zero-order valence-electron chi connectivity index (χ0n) is 13.7. The van der Waals surface area contributed by atoms with E-state index in [1.807, 2.05) is 12.1 Å². The average molecular weight is 339 g/mol. The fraction of sp³-hybridized carbons (Fsp3) is 0.263. The predicted octanol–water partition coefficient (Wildman–Crippen LogP) is 3.51. The zero-order valence-corrected chi connectivity index (χ0v) is 13.7. The van der Waals surface area contributed by atoms with Gasteiger partial charge in [0.1, 0.15) is 5.56 Å². The Morgan fingerprint density at radius 3 is 2.60 bits per heavy atom. The highest BCUT2D eigenvalue weighted by atomic mass is 16.6. The number of hydrogen-bond acceptors (Lipinski definition) is 5. The highest BCUT2D eigenvalue weighted by molar-refractivity contribution is 6.02. The Hall–Kier alpha value is -3.02. The quantitative estimate of drug-likeness (QED) is 0.360. The van der Waals surface area contributed by atoms with Gasteiger partial charge in [-0.2, -0.15) is 0 Å². The number of Topliss-reactive ketones (excluding diaryl/α,β-unsaturated/α-hetero) is 1. The van der Waals surface area contributed by atoms with E-state index in [-0.39, 0.29) is 17.0 Å². The van der Waals surface area contributed by atoms with Crippen molar-refractivity contribution in [2.24, 2.45) is 0 Å². The molecular weight excluding hydrogens is 322 g/mol. The monoisotopic (exact) mass is 339 g/mol. The topological polar surface area (TPSA) is 86.5 Å². The summed E-state index contributed by atoms with van der Waals surface area (Å²) in [4.78, 5) is 35.1. The average Bonchev–Trinajstić information content (AvgIpc) is 3.08. The van der Waals surface area contributed by atoms with Crippen molar-refractivity contribution in [3.63, 3.8) is 0 Å². The number of fused-ring (bicyclic) bond motifs is 1. The van der Waals surface area contributed by atoms with Gasteiger partial charge in [0.05, 0.1) is 4.92 Å². The number of carbonyl (C=O) groups is 2. The molecule has 0 spiro atoms. The number of para-hydroxylation sites is 1. The number of nitro benzene ring substituents is 1. The minimum Gasteiger partial charge on any atom is -0.450 e. The van der Waals surface area contributed by atoms with Crippen LogP contribution in [0, 0.1) is 10.1 Å². The first-order valence-electron chi connectivity index (χ1n) is 8.08. The lowest BCUT2D eigenvalue weighted by Gasteiger charge is -2.13. The minimum atomic E-state index is -1.02. The third-order valence-electron chi connectivity index (χ3n) is 4.36. The van der Waals surface area contributed by atoms with E-state index in [2.05, 4.69) is 0 Å². The van der Waals surface area contributed by atoms with Crippen LogP contribution < -0.4 is 0 Å². The van der Waals surface area contributed by atoms with Crippen LogP contribution in [0.1, 0.15) is 45.2 Å². The van der Waals surface area contributed by atoms with Gasteiger partial charge in [-0.15, -0.1) is 0 Å². The smallest absolute Gasteiger partial charge is 0.345 e. The molecule has 0 amide bonds. The van der Waals surface area contributed by atoms with Crippen LogP contribution in [0.15, 0.2) is 42.5 Å². The maximum absolute atomic E-state index is 12.5. The number of aryl methyl sites for hydroxylation is 2. The molecule has 1 atom stereocenters. The maximum Gasteiger partial charge on any atom is 0.345 e. The Bertz CT molecular complexity index is 859. The Balaban J connectivity index is 1.76. The number of hydrogen-bond donors (Lipinski definition) is 0. The SMILES string of the molecule is CC(OC(=O)c1ccccc1[N+](=O)[O-])C(=O)c1ccc2c(c1)CCC2. The number of nitrogens with zero attached hydrogens (tertiary/aromatic N) is 1. The van der Waals surface area contributed by atoms with Crippen LogP contribution in [0.3, 0.4) is 0 Å². The van der Waals surface area contributed by atoms with E-state index < -0.39 is 17.0 Å². The highest BCUT2D eigenvalue weighted by Crippen LogP contribution is 2.24. The summed E-state index contributed by atoms with van der Waals surface area (Å²) < 4.78 is 5.17. The van der Waals surface area contributed by atoms with Gasteiger partial charge in [0.25, 0.3) is 5.69 Å². The summed E-state index contributed by atoms with van der Waals surface area (Å²) >= 11 is 0. The third-order valence-corrected chi connectivity index (χ3v) is 4.36. The normalized spacial score (nSPS) is 13.8.